The minimum absolute atomic E-state index is 0.163. The molecule has 1 saturated heterocycles. The van der Waals surface area contributed by atoms with Gasteiger partial charge < -0.3 is 4.74 Å². The van der Waals surface area contributed by atoms with Crippen molar-refractivity contribution in [1.29, 1.82) is 0 Å². The lowest BCUT2D eigenvalue weighted by molar-refractivity contribution is 0.00962. The molecule has 88 valence electrons. The molecule has 0 radical (unpaired) electrons. The molecule has 2 heterocycles. The van der Waals surface area contributed by atoms with E-state index in [1.807, 2.05) is 0 Å². The summed E-state index contributed by atoms with van der Waals surface area (Å²) in [4.78, 5) is 4.62. The average Bonchev–Trinajstić information content (AvgIpc) is 3.01. The van der Waals surface area contributed by atoms with Crippen molar-refractivity contribution in [1.82, 2.24) is 15.2 Å². The first kappa shape index (κ1) is 10.3. The molecule has 1 N–H and O–H groups in total. The molecule has 2 fully saturated rings. The Bertz CT molecular complexity index is 338. The first-order valence-electron chi connectivity index (χ1n) is 6.47. The largest absolute Gasteiger partial charge is 0.370 e. The molecule has 1 aromatic heterocycles. The number of nitrogens with zero attached hydrogens (tertiary/aromatic N) is 2. The van der Waals surface area contributed by atoms with Gasteiger partial charge in [-0.2, -0.15) is 5.10 Å². The van der Waals surface area contributed by atoms with E-state index < -0.39 is 0 Å². The molecule has 3 rings (SSSR count). The number of H-pyrrole nitrogens is 1. The Morgan fingerprint density at radius 2 is 1.88 bits per heavy atom. The molecular formula is C12H19N3O. The molecule has 1 aliphatic carbocycles. The number of hydrogen-bond acceptors (Lipinski definition) is 3. The molecule has 0 amide bonds. The second-order valence-corrected chi connectivity index (χ2v) is 4.92. The average molecular weight is 221 g/mol. The van der Waals surface area contributed by atoms with Crippen LogP contribution in [0.25, 0.3) is 0 Å². The summed E-state index contributed by atoms with van der Waals surface area (Å²) in [6.45, 7) is 0.865. The van der Waals surface area contributed by atoms with E-state index in [1.165, 1.54) is 38.5 Å². The predicted octanol–water partition coefficient (Wildman–Crippen LogP) is 2.70. The van der Waals surface area contributed by atoms with Gasteiger partial charge in [0.2, 0.25) is 0 Å². The van der Waals surface area contributed by atoms with Gasteiger partial charge in [0.1, 0.15) is 6.10 Å². The summed E-state index contributed by atoms with van der Waals surface area (Å²) in [5.74, 6) is 2.55. The van der Waals surface area contributed by atoms with Crippen molar-refractivity contribution in [3.8, 4) is 0 Å². The summed E-state index contributed by atoms with van der Waals surface area (Å²) in [7, 11) is 0. The first-order valence-corrected chi connectivity index (χ1v) is 6.47. The predicted molar refractivity (Wildman–Crippen MR) is 60.1 cm³/mol. The monoisotopic (exact) mass is 221 g/mol. The normalized spacial score (nSPS) is 27.4. The molecule has 16 heavy (non-hydrogen) atoms. The standard InChI is InChI=1S/C12H19N3O/c1-2-6-9(5-1)11-13-12(15-14-11)10-7-3-4-8-16-10/h9-10H,1-8H2,(H,13,14,15). The second-order valence-electron chi connectivity index (χ2n) is 4.92. The van der Waals surface area contributed by atoms with Crippen molar-refractivity contribution in [2.24, 2.45) is 0 Å². The summed E-state index contributed by atoms with van der Waals surface area (Å²) in [5, 5.41) is 7.42. The van der Waals surface area contributed by atoms with Gasteiger partial charge in [-0.25, -0.2) is 4.98 Å². The molecule has 1 saturated carbocycles. The Morgan fingerprint density at radius 3 is 2.62 bits per heavy atom. The van der Waals surface area contributed by atoms with Crippen LogP contribution in [0.2, 0.25) is 0 Å². The van der Waals surface area contributed by atoms with Crippen molar-refractivity contribution in [2.75, 3.05) is 6.61 Å². The van der Waals surface area contributed by atoms with E-state index in [-0.39, 0.29) is 6.10 Å². The minimum atomic E-state index is 0.163. The molecule has 1 aliphatic heterocycles. The van der Waals surface area contributed by atoms with Crippen LogP contribution in [0.3, 0.4) is 0 Å². The SMILES string of the molecule is C1CCC(c2nc(C3CCCC3)n[nH]2)OC1. The van der Waals surface area contributed by atoms with Gasteiger partial charge in [-0.3, -0.25) is 5.10 Å². The molecule has 1 unspecified atom stereocenters. The van der Waals surface area contributed by atoms with Gasteiger partial charge in [0.15, 0.2) is 11.6 Å². The maximum Gasteiger partial charge on any atom is 0.153 e. The topological polar surface area (TPSA) is 50.8 Å². The third-order valence-corrected chi connectivity index (χ3v) is 3.72. The molecule has 1 atom stereocenters. The summed E-state index contributed by atoms with van der Waals surface area (Å²) in [6.07, 6.45) is 8.83. The summed E-state index contributed by atoms with van der Waals surface area (Å²) in [5.41, 5.74) is 0. The summed E-state index contributed by atoms with van der Waals surface area (Å²) >= 11 is 0. The first-order chi connectivity index (χ1) is 7.93. The Morgan fingerprint density at radius 1 is 1.06 bits per heavy atom. The number of hydrogen-bond donors (Lipinski definition) is 1. The molecule has 0 spiro atoms. The third-order valence-electron chi connectivity index (χ3n) is 3.72. The number of aromatic amines is 1. The Hall–Kier alpha value is -0.900. The minimum Gasteiger partial charge on any atom is -0.370 e. The van der Waals surface area contributed by atoms with Crippen LogP contribution in [0.15, 0.2) is 0 Å². The lowest BCUT2D eigenvalue weighted by Gasteiger charge is -2.19. The molecule has 4 nitrogen and oxygen atoms in total. The zero-order valence-corrected chi connectivity index (χ0v) is 9.61. The van der Waals surface area contributed by atoms with Crippen molar-refractivity contribution in [2.45, 2.75) is 57.0 Å². The van der Waals surface area contributed by atoms with E-state index in [1.54, 1.807) is 0 Å². The van der Waals surface area contributed by atoms with E-state index in [4.69, 9.17) is 4.74 Å². The molecule has 0 aromatic carbocycles. The second kappa shape index (κ2) is 4.53. The lowest BCUT2D eigenvalue weighted by Crippen LogP contribution is -2.12. The number of nitrogens with one attached hydrogen (secondary N) is 1. The van der Waals surface area contributed by atoms with Crippen molar-refractivity contribution >= 4 is 0 Å². The van der Waals surface area contributed by atoms with E-state index in [0.717, 1.165) is 24.7 Å². The summed E-state index contributed by atoms with van der Waals surface area (Å²) < 4.78 is 5.71. The molecule has 2 aliphatic rings. The fourth-order valence-corrected chi connectivity index (χ4v) is 2.75. The quantitative estimate of drug-likeness (QED) is 0.835. The highest BCUT2D eigenvalue weighted by Crippen LogP contribution is 2.33. The van der Waals surface area contributed by atoms with Crippen LogP contribution in [0, 0.1) is 0 Å². The van der Waals surface area contributed by atoms with Gasteiger partial charge in [0.25, 0.3) is 0 Å². The van der Waals surface area contributed by atoms with Crippen molar-refractivity contribution in [3.63, 3.8) is 0 Å². The van der Waals surface area contributed by atoms with Gasteiger partial charge in [0.05, 0.1) is 0 Å². The van der Waals surface area contributed by atoms with Crippen LogP contribution >= 0.6 is 0 Å². The maximum atomic E-state index is 5.71. The Balaban J connectivity index is 1.71. The van der Waals surface area contributed by atoms with Crippen LogP contribution < -0.4 is 0 Å². The molecule has 0 bridgehead atoms. The fraction of sp³-hybridized carbons (Fsp3) is 0.833. The summed E-state index contributed by atoms with van der Waals surface area (Å²) in [6, 6.07) is 0. The zero-order chi connectivity index (χ0) is 10.8. The number of ether oxygens (including phenoxy) is 1. The van der Waals surface area contributed by atoms with Gasteiger partial charge in [0, 0.05) is 12.5 Å². The van der Waals surface area contributed by atoms with Crippen LogP contribution in [0.5, 0.6) is 0 Å². The highest BCUT2D eigenvalue weighted by atomic mass is 16.5. The Labute approximate surface area is 95.8 Å². The smallest absolute Gasteiger partial charge is 0.153 e. The fourth-order valence-electron chi connectivity index (χ4n) is 2.75. The van der Waals surface area contributed by atoms with Gasteiger partial charge in [-0.1, -0.05) is 12.8 Å². The molecule has 1 aromatic rings. The number of rotatable bonds is 2. The highest BCUT2D eigenvalue weighted by molar-refractivity contribution is 5.02. The van der Waals surface area contributed by atoms with Crippen LogP contribution in [0.1, 0.15) is 68.6 Å². The lowest BCUT2D eigenvalue weighted by atomic mass is 10.1. The maximum absolute atomic E-state index is 5.71. The molecule has 4 heteroatoms. The zero-order valence-electron chi connectivity index (χ0n) is 9.61. The Kier molecular flexibility index (Phi) is 2.91. The van der Waals surface area contributed by atoms with E-state index in [9.17, 15) is 0 Å². The van der Waals surface area contributed by atoms with Crippen LogP contribution in [0.4, 0.5) is 0 Å². The van der Waals surface area contributed by atoms with Gasteiger partial charge >= 0.3 is 0 Å². The molecular weight excluding hydrogens is 202 g/mol. The van der Waals surface area contributed by atoms with E-state index in [2.05, 4.69) is 15.2 Å². The number of aromatic nitrogens is 3. The third kappa shape index (κ3) is 1.98. The van der Waals surface area contributed by atoms with Gasteiger partial charge in [-0.15, -0.1) is 0 Å². The van der Waals surface area contributed by atoms with Crippen LogP contribution in [-0.4, -0.2) is 21.8 Å². The van der Waals surface area contributed by atoms with Crippen molar-refractivity contribution < 1.29 is 4.74 Å². The van der Waals surface area contributed by atoms with Gasteiger partial charge in [-0.05, 0) is 32.1 Å². The van der Waals surface area contributed by atoms with Crippen LogP contribution in [-0.2, 0) is 4.74 Å². The van der Waals surface area contributed by atoms with E-state index in [0.29, 0.717) is 5.92 Å². The highest BCUT2D eigenvalue weighted by Gasteiger charge is 2.24. The van der Waals surface area contributed by atoms with E-state index >= 15 is 0 Å². The van der Waals surface area contributed by atoms with Crippen molar-refractivity contribution in [3.05, 3.63) is 11.6 Å².